The van der Waals surface area contributed by atoms with E-state index in [0.717, 1.165) is 6.08 Å². The fourth-order valence-electron chi connectivity index (χ4n) is 1.05. The Morgan fingerprint density at radius 3 is 2.17 bits per heavy atom. The van der Waals surface area contributed by atoms with E-state index in [1.807, 2.05) is 0 Å². The van der Waals surface area contributed by atoms with E-state index in [9.17, 15) is 22.8 Å². The molecule has 0 fully saturated rings. The van der Waals surface area contributed by atoms with Gasteiger partial charge in [-0.05, 0) is 23.8 Å². The molecule has 0 aliphatic carbocycles. The molecule has 0 atom stereocenters. The number of aliphatic carboxylic acids is 1. The molecular formula is C11H8F3NO3. The van der Waals surface area contributed by atoms with Crippen molar-refractivity contribution in [3.8, 4) is 0 Å². The standard InChI is InChI=1S/C11H8F3NO3/c12-11(13,14)10(18)15-8-4-1-7(2-5-8)3-6-9(16)17/h1-6H,(H,15,18)(H,16,17)/b6-3+. The lowest BCUT2D eigenvalue weighted by molar-refractivity contribution is -0.167. The van der Waals surface area contributed by atoms with Crippen molar-refractivity contribution in [3.63, 3.8) is 0 Å². The van der Waals surface area contributed by atoms with Crippen LogP contribution in [0.1, 0.15) is 5.56 Å². The Morgan fingerprint density at radius 2 is 1.72 bits per heavy atom. The summed E-state index contributed by atoms with van der Waals surface area (Å²) >= 11 is 0. The fourth-order valence-corrected chi connectivity index (χ4v) is 1.05. The Hall–Kier alpha value is -2.31. The molecular weight excluding hydrogens is 251 g/mol. The molecule has 0 radical (unpaired) electrons. The van der Waals surface area contributed by atoms with Crippen molar-refractivity contribution in [1.29, 1.82) is 0 Å². The molecule has 0 aliphatic rings. The van der Waals surface area contributed by atoms with Crippen molar-refractivity contribution in [1.82, 2.24) is 0 Å². The quantitative estimate of drug-likeness (QED) is 0.818. The lowest BCUT2D eigenvalue weighted by Crippen LogP contribution is -2.29. The van der Waals surface area contributed by atoms with Crippen LogP contribution in [0.2, 0.25) is 0 Å². The van der Waals surface area contributed by atoms with Gasteiger partial charge in [0.15, 0.2) is 0 Å². The summed E-state index contributed by atoms with van der Waals surface area (Å²) in [6.07, 6.45) is -2.77. The number of carbonyl (C=O) groups excluding carboxylic acids is 1. The molecule has 0 saturated carbocycles. The van der Waals surface area contributed by atoms with E-state index >= 15 is 0 Å². The molecule has 18 heavy (non-hydrogen) atoms. The summed E-state index contributed by atoms with van der Waals surface area (Å²) in [5.41, 5.74) is 0.465. The molecule has 0 unspecified atom stereocenters. The summed E-state index contributed by atoms with van der Waals surface area (Å²) in [5.74, 6) is -3.19. The predicted octanol–water partition coefficient (Wildman–Crippen LogP) is 2.29. The molecule has 0 bridgehead atoms. The third kappa shape index (κ3) is 4.28. The number of amides is 1. The summed E-state index contributed by atoms with van der Waals surface area (Å²) in [6.45, 7) is 0. The minimum atomic E-state index is -4.94. The Labute approximate surface area is 99.7 Å². The number of hydrogen-bond donors (Lipinski definition) is 2. The first-order chi connectivity index (χ1) is 8.29. The van der Waals surface area contributed by atoms with Gasteiger partial charge in [0.2, 0.25) is 0 Å². The summed E-state index contributed by atoms with van der Waals surface area (Å²) in [6, 6.07) is 5.24. The van der Waals surface area contributed by atoms with Gasteiger partial charge in [-0.25, -0.2) is 4.79 Å². The highest BCUT2D eigenvalue weighted by molar-refractivity contribution is 5.95. The largest absolute Gasteiger partial charge is 0.478 e. The van der Waals surface area contributed by atoms with Crippen molar-refractivity contribution >= 4 is 23.6 Å². The van der Waals surface area contributed by atoms with E-state index in [1.54, 1.807) is 5.32 Å². The van der Waals surface area contributed by atoms with Crippen LogP contribution in [0.15, 0.2) is 30.3 Å². The Bertz CT molecular complexity index is 477. The minimum Gasteiger partial charge on any atom is -0.478 e. The summed E-state index contributed by atoms with van der Waals surface area (Å²) < 4.78 is 35.8. The normalized spacial score (nSPS) is 11.5. The van der Waals surface area contributed by atoms with Crippen molar-refractivity contribution in [2.45, 2.75) is 6.18 Å². The zero-order chi connectivity index (χ0) is 13.8. The Balaban J connectivity index is 2.72. The number of anilines is 1. The first-order valence-electron chi connectivity index (χ1n) is 4.68. The average Bonchev–Trinajstić information content (AvgIpc) is 2.26. The van der Waals surface area contributed by atoms with Crippen LogP contribution >= 0.6 is 0 Å². The van der Waals surface area contributed by atoms with Crippen LogP contribution in [0.3, 0.4) is 0 Å². The smallest absolute Gasteiger partial charge is 0.471 e. The number of halogens is 3. The van der Waals surface area contributed by atoms with Gasteiger partial charge >= 0.3 is 18.1 Å². The van der Waals surface area contributed by atoms with Crippen LogP contribution in [-0.2, 0) is 9.59 Å². The zero-order valence-corrected chi connectivity index (χ0v) is 8.86. The second-order valence-corrected chi connectivity index (χ2v) is 3.25. The molecule has 7 heteroatoms. The number of benzene rings is 1. The molecule has 4 nitrogen and oxygen atoms in total. The molecule has 1 aromatic carbocycles. The van der Waals surface area contributed by atoms with E-state index in [0.29, 0.717) is 5.56 Å². The Morgan fingerprint density at radius 1 is 1.17 bits per heavy atom. The fraction of sp³-hybridized carbons (Fsp3) is 0.0909. The van der Waals surface area contributed by atoms with Crippen LogP contribution < -0.4 is 5.32 Å². The van der Waals surface area contributed by atoms with Crippen LogP contribution in [0.4, 0.5) is 18.9 Å². The monoisotopic (exact) mass is 259 g/mol. The zero-order valence-electron chi connectivity index (χ0n) is 8.86. The SMILES string of the molecule is O=C(O)/C=C/c1ccc(NC(=O)C(F)(F)F)cc1. The van der Waals surface area contributed by atoms with Gasteiger partial charge in [-0.3, -0.25) is 4.79 Å². The maximum Gasteiger partial charge on any atom is 0.471 e. The first kappa shape index (κ1) is 13.8. The highest BCUT2D eigenvalue weighted by atomic mass is 19.4. The van der Waals surface area contributed by atoms with Gasteiger partial charge in [0.1, 0.15) is 0 Å². The van der Waals surface area contributed by atoms with Gasteiger partial charge in [0.25, 0.3) is 0 Å². The van der Waals surface area contributed by atoms with E-state index in [-0.39, 0.29) is 5.69 Å². The predicted molar refractivity (Wildman–Crippen MR) is 57.8 cm³/mol. The number of rotatable bonds is 3. The van der Waals surface area contributed by atoms with E-state index in [4.69, 9.17) is 5.11 Å². The van der Waals surface area contributed by atoms with Crippen LogP contribution in [0.5, 0.6) is 0 Å². The van der Waals surface area contributed by atoms with Gasteiger partial charge in [-0.15, -0.1) is 0 Å². The molecule has 96 valence electrons. The maximum atomic E-state index is 11.9. The molecule has 2 N–H and O–H groups in total. The number of carboxylic acid groups (broad SMARTS) is 1. The van der Waals surface area contributed by atoms with Crippen LogP contribution in [0.25, 0.3) is 6.08 Å². The second-order valence-electron chi connectivity index (χ2n) is 3.25. The first-order valence-corrected chi connectivity index (χ1v) is 4.68. The third-order valence-corrected chi connectivity index (χ3v) is 1.84. The molecule has 0 spiro atoms. The summed E-state index contributed by atoms with van der Waals surface area (Å²) in [4.78, 5) is 20.8. The molecule has 0 saturated heterocycles. The van der Waals surface area contributed by atoms with Crippen LogP contribution in [-0.4, -0.2) is 23.2 Å². The third-order valence-electron chi connectivity index (χ3n) is 1.84. The van der Waals surface area contributed by atoms with Crippen molar-refractivity contribution < 1.29 is 27.9 Å². The number of carbonyl (C=O) groups is 2. The van der Waals surface area contributed by atoms with Crippen molar-refractivity contribution in [2.75, 3.05) is 5.32 Å². The lowest BCUT2D eigenvalue weighted by Gasteiger charge is -2.07. The second kappa shape index (κ2) is 5.35. The van der Waals surface area contributed by atoms with Crippen molar-refractivity contribution in [2.24, 2.45) is 0 Å². The molecule has 1 rings (SSSR count). The highest BCUT2D eigenvalue weighted by Gasteiger charge is 2.38. The topological polar surface area (TPSA) is 66.4 Å². The molecule has 1 aromatic rings. The van der Waals surface area contributed by atoms with Crippen LogP contribution in [0, 0.1) is 0 Å². The number of carboxylic acids is 1. The Kier molecular flexibility index (Phi) is 4.09. The molecule has 0 heterocycles. The van der Waals surface area contributed by atoms with E-state index in [1.165, 1.54) is 30.3 Å². The van der Waals surface area contributed by atoms with Gasteiger partial charge in [-0.2, -0.15) is 13.2 Å². The molecule has 1 amide bonds. The van der Waals surface area contributed by atoms with Gasteiger partial charge in [0.05, 0.1) is 0 Å². The van der Waals surface area contributed by atoms with E-state index < -0.39 is 18.1 Å². The van der Waals surface area contributed by atoms with Crippen molar-refractivity contribution in [3.05, 3.63) is 35.9 Å². The molecule has 0 aliphatic heterocycles. The maximum absolute atomic E-state index is 11.9. The van der Waals surface area contributed by atoms with Gasteiger partial charge in [-0.1, -0.05) is 12.1 Å². The van der Waals surface area contributed by atoms with E-state index in [2.05, 4.69) is 0 Å². The average molecular weight is 259 g/mol. The highest BCUT2D eigenvalue weighted by Crippen LogP contribution is 2.18. The summed E-state index contributed by atoms with van der Waals surface area (Å²) in [7, 11) is 0. The molecule has 0 aromatic heterocycles. The van der Waals surface area contributed by atoms with Gasteiger partial charge < -0.3 is 10.4 Å². The minimum absolute atomic E-state index is 0.0233. The number of nitrogens with one attached hydrogen (secondary N) is 1. The number of hydrogen-bond acceptors (Lipinski definition) is 2. The number of alkyl halides is 3. The van der Waals surface area contributed by atoms with Gasteiger partial charge in [0, 0.05) is 11.8 Å². The summed E-state index contributed by atoms with van der Waals surface area (Å²) in [5, 5.41) is 10.0. The lowest BCUT2D eigenvalue weighted by atomic mass is 10.2.